The first-order valence-electron chi connectivity index (χ1n) is 5.43. The molecule has 2 aromatic carbocycles. The highest BCUT2D eigenvalue weighted by molar-refractivity contribution is 7.84. The summed E-state index contributed by atoms with van der Waals surface area (Å²) in [6.07, 6.45) is 0. The molecular formula is C14H12N2OS. The van der Waals surface area contributed by atoms with Crippen LogP contribution >= 0.6 is 0 Å². The minimum Gasteiger partial charge on any atom is -0.398 e. The van der Waals surface area contributed by atoms with Crippen LogP contribution in [-0.4, -0.2) is 4.21 Å². The van der Waals surface area contributed by atoms with Crippen LogP contribution in [0.2, 0.25) is 0 Å². The van der Waals surface area contributed by atoms with Crippen LogP contribution < -0.4 is 5.73 Å². The lowest BCUT2D eigenvalue weighted by atomic mass is 10.1. The molecule has 1 atom stereocenters. The number of nitrogen functional groups attached to an aromatic ring is 1. The molecule has 0 spiro atoms. The van der Waals surface area contributed by atoms with Gasteiger partial charge in [-0.05, 0) is 23.8 Å². The molecular weight excluding hydrogens is 244 g/mol. The van der Waals surface area contributed by atoms with Gasteiger partial charge in [0.15, 0.2) is 0 Å². The lowest BCUT2D eigenvalue weighted by molar-refractivity contribution is 0.683. The number of nitrogens with zero attached hydrogens (tertiary/aromatic N) is 1. The van der Waals surface area contributed by atoms with Gasteiger partial charge in [0.05, 0.1) is 33.1 Å². The van der Waals surface area contributed by atoms with E-state index in [1.807, 2.05) is 12.1 Å². The number of rotatable bonds is 3. The van der Waals surface area contributed by atoms with Crippen molar-refractivity contribution in [3.63, 3.8) is 0 Å². The summed E-state index contributed by atoms with van der Waals surface area (Å²) in [6, 6.07) is 16.4. The lowest BCUT2D eigenvalue weighted by Gasteiger charge is -2.06. The minimum atomic E-state index is -1.23. The maximum Gasteiger partial charge on any atom is 0.0994 e. The molecule has 18 heavy (non-hydrogen) atoms. The fourth-order valence-corrected chi connectivity index (χ4v) is 2.91. The second-order valence-corrected chi connectivity index (χ2v) is 5.22. The smallest absolute Gasteiger partial charge is 0.0994 e. The van der Waals surface area contributed by atoms with E-state index in [-0.39, 0.29) is 0 Å². The van der Waals surface area contributed by atoms with Crippen LogP contribution in [0.4, 0.5) is 5.69 Å². The van der Waals surface area contributed by atoms with Crippen molar-refractivity contribution in [1.82, 2.24) is 0 Å². The third kappa shape index (κ3) is 2.58. The molecule has 0 bridgehead atoms. The molecule has 2 rings (SSSR count). The van der Waals surface area contributed by atoms with E-state index in [1.165, 1.54) is 0 Å². The highest BCUT2D eigenvalue weighted by Gasteiger charge is 2.10. The van der Waals surface area contributed by atoms with Crippen molar-refractivity contribution in [3.05, 3.63) is 59.7 Å². The Morgan fingerprint density at radius 3 is 2.50 bits per heavy atom. The molecule has 0 radical (unpaired) electrons. The maximum atomic E-state index is 12.2. The van der Waals surface area contributed by atoms with Crippen LogP contribution in [-0.2, 0) is 16.6 Å². The summed E-state index contributed by atoms with van der Waals surface area (Å²) in [6.45, 7) is 0. The van der Waals surface area contributed by atoms with E-state index in [9.17, 15) is 4.21 Å². The van der Waals surface area contributed by atoms with Crippen molar-refractivity contribution < 1.29 is 4.21 Å². The van der Waals surface area contributed by atoms with Crippen LogP contribution in [0.3, 0.4) is 0 Å². The molecule has 0 fully saturated rings. The Hall–Kier alpha value is -2.12. The molecule has 90 valence electrons. The minimum absolute atomic E-state index is 0.304. The zero-order valence-corrected chi connectivity index (χ0v) is 10.5. The Labute approximate surface area is 108 Å². The molecule has 0 aromatic heterocycles. The van der Waals surface area contributed by atoms with E-state index in [2.05, 4.69) is 6.07 Å². The zero-order chi connectivity index (χ0) is 13.0. The van der Waals surface area contributed by atoms with Gasteiger partial charge in [0.2, 0.25) is 0 Å². The predicted molar refractivity (Wildman–Crippen MR) is 72.1 cm³/mol. The average molecular weight is 256 g/mol. The largest absolute Gasteiger partial charge is 0.398 e. The van der Waals surface area contributed by atoms with Gasteiger partial charge < -0.3 is 5.73 Å². The summed E-state index contributed by atoms with van der Waals surface area (Å²) in [5.74, 6) is 0.304. The first-order valence-corrected chi connectivity index (χ1v) is 6.75. The first kappa shape index (κ1) is 12.3. The molecule has 0 aliphatic carbocycles. The third-order valence-electron chi connectivity index (χ3n) is 2.59. The standard InChI is InChI=1S/C14H12N2OS/c15-9-11-5-1-2-6-12(11)10-18(17)14-8-4-3-7-13(14)16/h1-8H,10,16H2. The number of hydrogen-bond acceptors (Lipinski definition) is 3. The zero-order valence-electron chi connectivity index (χ0n) is 9.67. The summed E-state index contributed by atoms with van der Waals surface area (Å²) >= 11 is 0. The van der Waals surface area contributed by atoms with E-state index in [0.29, 0.717) is 21.9 Å². The van der Waals surface area contributed by atoms with Gasteiger partial charge in [0.25, 0.3) is 0 Å². The van der Waals surface area contributed by atoms with Gasteiger partial charge in [-0.1, -0.05) is 30.3 Å². The fraction of sp³-hybridized carbons (Fsp3) is 0.0714. The summed E-state index contributed by atoms with van der Waals surface area (Å²) in [7, 11) is -1.23. The van der Waals surface area contributed by atoms with Crippen molar-refractivity contribution in [2.24, 2.45) is 0 Å². The van der Waals surface area contributed by atoms with Gasteiger partial charge in [-0.15, -0.1) is 0 Å². The molecule has 2 aromatic rings. The van der Waals surface area contributed by atoms with E-state index < -0.39 is 10.8 Å². The summed E-state index contributed by atoms with van der Waals surface area (Å²) in [5, 5.41) is 8.98. The summed E-state index contributed by atoms with van der Waals surface area (Å²) in [4.78, 5) is 0.616. The molecule has 0 aliphatic rings. The molecule has 3 nitrogen and oxygen atoms in total. The Balaban J connectivity index is 2.28. The summed E-state index contributed by atoms with van der Waals surface area (Å²) in [5.41, 5.74) is 7.64. The lowest BCUT2D eigenvalue weighted by Crippen LogP contribution is -2.02. The molecule has 4 heteroatoms. The van der Waals surface area contributed by atoms with Crippen molar-refractivity contribution in [3.8, 4) is 6.07 Å². The Morgan fingerprint density at radius 2 is 1.78 bits per heavy atom. The van der Waals surface area contributed by atoms with Crippen LogP contribution in [0.15, 0.2) is 53.4 Å². The van der Waals surface area contributed by atoms with E-state index in [1.54, 1.807) is 36.4 Å². The average Bonchev–Trinajstić information content (AvgIpc) is 2.39. The predicted octanol–water partition coefficient (Wildman–Crippen LogP) is 2.45. The monoisotopic (exact) mass is 256 g/mol. The van der Waals surface area contributed by atoms with Gasteiger partial charge >= 0.3 is 0 Å². The topological polar surface area (TPSA) is 66.9 Å². The molecule has 0 amide bonds. The van der Waals surface area contributed by atoms with Crippen molar-refractivity contribution in [2.45, 2.75) is 10.6 Å². The second kappa shape index (κ2) is 5.48. The number of para-hydroxylation sites is 1. The maximum absolute atomic E-state index is 12.2. The normalized spacial score (nSPS) is 11.7. The third-order valence-corrected chi connectivity index (χ3v) is 4.02. The van der Waals surface area contributed by atoms with Crippen LogP contribution in [0, 0.1) is 11.3 Å². The Morgan fingerprint density at radius 1 is 1.11 bits per heavy atom. The van der Waals surface area contributed by atoms with E-state index >= 15 is 0 Å². The molecule has 1 unspecified atom stereocenters. The molecule has 0 aliphatic heterocycles. The highest BCUT2D eigenvalue weighted by atomic mass is 32.2. The number of hydrogen-bond donors (Lipinski definition) is 1. The SMILES string of the molecule is N#Cc1ccccc1CS(=O)c1ccccc1N. The fourth-order valence-electron chi connectivity index (χ4n) is 1.66. The molecule has 2 N–H and O–H groups in total. The van der Waals surface area contributed by atoms with Gasteiger partial charge in [0.1, 0.15) is 0 Å². The molecule has 0 heterocycles. The van der Waals surface area contributed by atoms with Crippen LogP contribution in [0.1, 0.15) is 11.1 Å². The number of nitrogens with two attached hydrogens (primary N) is 1. The highest BCUT2D eigenvalue weighted by Crippen LogP contribution is 2.20. The van der Waals surface area contributed by atoms with Crippen LogP contribution in [0.25, 0.3) is 0 Å². The van der Waals surface area contributed by atoms with Crippen molar-refractivity contribution >= 4 is 16.5 Å². The molecule has 0 saturated heterocycles. The number of benzene rings is 2. The Kier molecular flexibility index (Phi) is 3.75. The molecule has 0 saturated carbocycles. The quantitative estimate of drug-likeness (QED) is 0.858. The van der Waals surface area contributed by atoms with Crippen molar-refractivity contribution in [2.75, 3.05) is 5.73 Å². The van der Waals surface area contributed by atoms with Gasteiger partial charge in [-0.2, -0.15) is 5.26 Å². The Bertz CT molecular complexity index is 632. The van der Waals surface area contributed by atoms with Gasteiger partial charge in [0, 0.05) is 5.69 Å². The van der Waals surface area contributed by atoms with Gasteiger partial charge in [-0.3, -0.25) is 4.21 Å². The van der Waals surface area contributed by atoms with E-state index in [4.69, 9.17) is 11.0 Å². The van der Waals surface area contributed by atoms with Crippen LogP contribution in [0.5, 0.6) is 0 Å². The first-order chi connectivity index (χ1) is 8.72. The number of anilines is 1. The summed E-state index contributed by atoms with van der Waals surface area (Å²) < 4.78 is 12.2. The second-order valence-electron chi connectivity index (χ2n) is 3.80. The van der Waals surface area contributed by atoms with Crippen molar-refractivity contribution in [1.29, 1.82) is 5.26 Å². The van der Waals surface area contributed by atoms with Gasteiger partial charge in [-0.25, -0.2) is 0 Å². The van der Waals surface area contributed by atoms with E-state index in [0.717, 1.165) is 5.56 Å². The number of nitriles is 1.